The van der Waals surface area contributed by atoms with Crippen LogP contribution >= 0.6 is 0 Å². The van der Waals surface area contributed by atoms with E-state index in [1.165, 1.54) is 3.07 Å². The maximum absolute atomic E-state index is 10.2. The van der Waals surface area contributed by atoms with Crippen LogP contribution in [0.3, 0.4) is 0 Å². The molecule has 0 radical (unpaired) electrons. The van der Waals surface area contributed by atoms with Crippen molar-refractivity contribution in [2.75, 3.05) is 0 Å². The quantitative estimate of drug-likeness (QED) is 0.637. The molecule has 0 spiro atoms. The monoisotopic (exact) mass is 322 g/mol. The Morgan fingerprint density at radius 1 is 1.30 bits per heavy atom. The minimum absolute atomic E-state index is 0.259. The van der Waals surface area contributed by atoms with E-state index in [2.05, 4.69) is 0 Å². The van der Waals surface area contributed by atoms with Gasteiger partial charge in [-0.05, 0) is 0 Å². The van der Waals surface area contributed by atoms with Gasteiger partial charge in [-0.1, -0.05) is 0 Å². The van der Waals surface area contributed by atoms with Crippen LogP contribution in [0.25, 0.3) is 0 Å². The molecule has 0 unspecified atom stereocenters. The summed E-state index contributed by atoms with van der Waals surface area (Å²) in [5.74, 6) is -1.10. The molecular weight excluding hydrogens is 317 g/mol. The second kappa shape index (κ2) is 3.15. The van der Waals surface area contributed by atoms with Gasteiger partial charge in [-0.25, -0.2) is 0 Å². The first-order valence-electron chi connectivity index (χ1n) is 2.83. The standard InChI is InChI=1S/C7H5O2.Hg/c8-7(9)6-4-2-1-3-5-6;/h2-5H,(H,8,9);/p-1. The van der Waals surface area contributed by atoms with Gasteiger partial charge >= 0.3 is 74.9 Å². The third-order valence-corrected chi connectivity index (χ3v) is 3.02. The molecular formula is C7H4HgO2-. The molecule has 10 heavy (non-hydrogen) atoms. The summed E-state index contributed by atoms with van der Waals surface area (Å²) in [4.78, 5) is 10.2. The van der Waals surface area contributed by atoms with Crippen LogP contribution in [0.2, 0.25) is 0 Å². The van der Waals surface area contributed by atoms with Crippen molar-refractivity contribution in [1.29, 1.82) is 0 Å². The number of hydrogen-bond acceptors (Lipinski definition) is 2. The number of hydrogen-bond donors (Lipinski definition) is 0. The van der Waals surface area contributed by atoms with E-state index in [1.807, 2.05) is 12.1 Å². The molecule has 0 atom stereocenters. The molecule has 0 aliphatic carbocycles. The Hall–Kier alpha value is -0.375. The average molecular weight is 321 g/mol. The number of carboxylic acids is 1. The summed E-state index contributed by atoms with van der Waals surface area (Å²) in [6.07, 6.45) is 0. The van der Waals surface area contributed by atoms with Gasteiger partial charge in [0.1, 0.15) is 0 Å². The third-order valence-electron chi connectivity index (χ3n) is 1.19. The fourth-order valence-corrected chi connectivity index (χ4v) is 1.56. The minimum atomic E-state index is -1.10. The molecule has 0 bridgehead atoms. The Morgan fingerprint density at radius 3 is 2.20 bits per heavy atom. The van der Waals surface area contributed by atoms with Gasteiger partial charge < -0.3 is 0 Å². The normalized spacial score (nSPS) is 9.40. The summed E-state index contributed by atoms with van der Waals surface area (Å²) in [5.41, 5.74) is 0.259. The molecule has 3 heteroatoms. The molecule has 0 aliphatic heterocycles. The van der Waals surface area contributed by atoms with E-state index in [4.69, 9.17) is 0 Å². The summed E-state index contributed by atoms with van der Waals surface area (Å²) in [6.45, 7) is 0. The van der Waals surface area contributed by atoms with E-state index in [9.17, 15) is 9.90 Å². The molecule has 0 heterocycles. The summed E-state index contributed by atoms with van der Waals surface area (Å²) in [7, 11) is 0. The zero-order valence-electron chi connectivity index (χ0n) is 5.33. The van der Waals surface area contributed by atoms with Gasteiger partial charge in [0, 0.05) is 0 Å². The van der Waals surface area contributed by atoms with E-state index in [0.717, 1.165) is 0 Å². The molecule has 1 aromatic carbocycles. The van der Waals surface area contributed by atoms with Gasteiger partial charge in [-0.2, -0.15) is 0 Å². The first kappa shape index (κ1) is 7.73. The topological polar surface area (TPSA) is 40.1 Å². The number of carboxylic acid groups (broad SMARTS) is 1. The molecule has 2 nitrogen and oxygen atoms in total. The number of benzene rings is 1. The van der Waals surface area contributed by atoms with Crippen LogP contribution in [0.1, 0.15) is 10.4 Å². The molecule has 0 N–H and O–H groups in total. The summed E-state index contributed by atoms with van der Waals surface area (Å²) < 4.78 is 1.24. The van der Waals surface area contributed by atoms with Crippen molar-refractivity contribution in [2.45, 2.75) is 0 Å². The zero-order valence-corrected chi connectivity index (χ0v) is 10.8. The van der Waals surface area contributed by atoms with Gasteiger partial charge in [0.05, 0.1) is 0 Å². The fourth-order valence-electron chi connectivity index (χ4n) is 0.641. The van der Waals surface area contributed by atoms with E-state index in [1.54, 1.807) is 12.1 Å². The average Bonchev–Trinajstić information content (AvgIpc) is 1.88. The number of rotatable bonds is 1. The van der Waals surface area contributed by atoms with Crippen LogP contribution in [-0.4, -0.2) is 5.97 Å². The van der Waals surface area contributed by atoms with Crippen LogP contribution in [0, 0.1) is 0 Å². The van der Waals surface area contributed by atoms with E-state index < -0.39 is 5.97 Å². The molecule has 1 rings (SSSR count). The van der Waals surface area contributed by atoms with Gasteiger partial charge in [0.25, 0.3) is 0 Å². The van der Waals surface area contributed by atoms with Crippen molar-refractivity contribution in [1.82, 2.24) is 0 Å². The third kappa shape index (κ3) is 1.80. The van der Waals surface area contributed by atoms with Crippen molar-refractivity contribution >= 4 is 9.04 Å². The zero-order chi connectivity index (χ0) is 7.56. The molecule has 47 valence electrons. The van der Waals surface area contributed by atoms with Crippen LogP contribution in [0.15, 0.2) is 24.3 Å². The van der Waals surface area contributed by atoms with Gasteiger partial charge in [-0.15, -0.1) is 0 Å². The Bertz CT molecular complexity index is 240. The van der Waals surface area contributed by atoms with Crippen LogP contribution < -0.4 is 8.18 Å². The number of carbonyl (C=O) groups is 1. The van der Waals surface area contributed by atoms with Crippen LogP contribution in [-0.2, 0) is 26.1 Å². The Kier molecular flexibility index (Phi) is 2.43. The Morgan fingerprint density at radius 2 is 1.80 bits per heavy atom. The summed E-state index contributed by atoms with van der Waals surface area (Å²) >= 11 is 0.575. The van der Waals surface area contributed by atoms with Crippen molar-refractivity contribution in [3.63, 3.8) is 0 Å². The van der Waals surface area contributed by atoms with Crippen molar-refractivity contribution < 1.29 is 36.0 Å². The predicted molar refractivity (Wildman–Crippen MR) is 30.4 cm³/mol. The predicted octanol–water partition coefficient (Wildman–Crippen LogP) is -0.778. The van der Waals surface area contributed by atoms with Crippen molar-refractivity contribution in [2.24, 2.45) is 0 Å². The van der Waals surface area contributed by atoms with Crippen molar-refractivity contribution in [3.05, 3.63) is 29.8 Å². The van der Waals surface area contributed by atoms with E-state index >= 15 is 0 Å². The second-order valence-corrected chi connectivity index (χ2v) is 5.16. The molecule has 0 fully saturated rings. The molecule has 0 saturated heterocycles. The molecule has 0 amide bonds. The maximum atomic E-state index is 10.2. The van der Waals surface area contributed by atoms with Crippen LogP contribution in [0.4, 0.5) is 0 Å². The molecule has 0 saturated carbocycles. The van der Waals surface area contributed by atoms with Gasteiger partial charge in [0.2, 0.25) is 0 Å². The first-order valence-corrected chi connectivity index (χ1v) is 5.58. The summed E-state index contributed by atoms with van der Waals surface area (Å²) in [6, 6.07) is 6.82. The number of carbonyl (C=O) groups excluding carboxylic acids is 1. The Labute approximate surface area is 74.8 Å². The van der Waals surface area contributed by atoms with E-state index in [-0.39, 0.29) is 5.56 Å². The first-order chi connectivity index (χ1) is 4.70. The molecule has 1 aromatic rings. The SMILES string of the molecule is O=C([O-])c1cc[c]([Hg])cc1. The Balaban J connectivity index is 3.00. The van der Waals surface area contributed by atoms with E-state index in [0.29, 0.717) is 26.1 Å². The fraction of sp³-hybridized carbons (Fsp3) is 0. The van der Waals surface area contributed by atoms with Gasteiger partial charge in [0.15, 0.2) is 0 Å². The molecule has 0 aromatic heterocycles. The van der Waals surface area contributed by atoms with Gasteiger partial charge in [-0.3, -0.25) is 0 Å². The molecule has 0 aliphatic rings. The van der Waals surface area contributed by atoms with Crippen LogP contribution in [0.5, 0.6) is 0 Å². The summed E-state index contributed by atoms with van der Waals surface area (Å²) in [5, 5.41) is 10.2. The second-order valence-electron chi connectivity index (χ2n) is 1.98. The number of aromatic carboxylic acids is 1. The van der Waals surface area contributed by atoms with Crippen molar-refractivity contribution in [3.8, 4) is 0 Å².